The fourth-order valence-electron chi connectivity index (χ4n) is 3.21. The van der Waals surface area contributed by atoms with E-state index in [4.69, 9.17) is 41.8 Å². The van der Waals surface area contributed by atoms with Gasteiger partial charge in [0.25, 0.3) is 0 Å². The van der Waals surface area contributed by atoms with Gasteiger partial charge >= 0.3 is 0 Å². The van der Waals surface area contributed by atoms with Crippen molar-refractivity contribution in [3.63, 3.8) is 0 Å². The SMILES string of the molecule is COc1ccc(OCCOc2c(-c3ccc(C)cc3)oc3c(Cl)cc(Cl)cc3c2=O)cc1. The van der Waals surface area contributed by atoms with Crippen molar-refractivity contribution in [2.24, 2.45) is 0 Å². The van der Waals surface area contributed by atoms with Gasteiger partial charge in [-0.15, -0.1) is 0 Å². The van der Waals surface area contributed by atoms with E-state index in [1.165, 1.54) is 12.1 Å². The summed E-state index contributed by atoms with van der Waals surface area (Å²) in [5, 5.41) is 0.850. The van der Waals surface area contributed by atoms with Crippen LogP contribution in [0, 0.1) is 6.92 Å². The highest BCUT2D eigenvalue weighted by Crippen LogP contribution is 2.35. The maximum atomic E-state index is 13.3. The second-order valence-electron chi connectivity index (χ2n) is 7.09. The predicted octanol–water partition coefficient (Wildman–Crippen LogP) is 6.54. The van der Waals surface area contributed by atoms with Gasteiger partial charge in [-0.25, -0.2) is 0 Å². The average Bonchev–Trinajstić information content (AvgIpc) is 2.79. The summed E-state index contributed by atoms with van der Waals surface area (Å²) in [5.41, 5.74) is 1.69. The van der Waals surface area contributed by atoms with Gasteiger partial charge in [0.05, 0.1) is 17.5 Å². The van der Waals surface area contributed by atoms with E-state index in [0.29, 0.717) is 22.1 Å². The van der Waals surface area contributed by atoms with E-state index in [1.54, 1.807) is 31.4 Å². The molecule has 1 heterocycles. The fourth-order valence-corrected chi connectivity index (χ4v) is 3.74. The van der Waals surface area contributed by atoms with Crippen LogP contribution in [-0.2, 0) is 0 Å². The third-order valence-corrected chi connectivity index (χ3v) is 5.34. The quantitative estimate of drug-likeness (QED) is 0.287. The molecular weight excluding hydrogens is 451 g/mol. The van der Waals surface area contributed by atoms with Crippen molar-refractivity contribution in [3.8, 4) is 28.6 Å². The molecule has 0 radical (unpaired) electrons. The number of rotatable bonds is 7. The van der Waals surface area contributed by atoms with Gasteiger partial charge in [0, 0.05) is 10.6 Å². The molecule has 5 nitrogen and oxygen atoms in total. The number of benzene rings is 3. The minimum atomic E-state index is -0.351. The van der Waals surface area contributed by atoms with Crippen LogP contribution < -0.4 is 19.6 Å². The normalized spacial score (nSPS) is 10.9. The van der Waals surface area contributed by atoms with E-state index in [2.05, 4.69) is 0 Å². The molecule has 164 valence electrons. The third kappa shape index (κ3) is 4.69. The van der Waals surface area contributed by atoms with Crippen LogP contribution in [0.5, 0.6) is 17.2 Å². The second kappa shape index (κ2) is 9.55. The van der Waals surface area contributed by atoms with E-state index in [1.807, 2.05) is 31.2 Å². The van der Waals surface area contributed by atoms with Gasteiger partial charge in [0.1, 0.15) is 24.7 Å². The molecule has 32 heavy (non-hydrogen) atoms. The largest absolute Gasteiger partial charge is 0.497 e. The van der Waals surface area contributed by atoms with Crippen LogP contribution in [0.2, 0.25) is 10.0 Å². The molecule has 0 fully saturated rings. The molecule has 0 unspecified atom stereocenters. The molecule has 0 aliphatic rings. The first-order chi connectivity index (χ1) is 15.5. The van der Waals surface area contributed by atoms with Gasteiger partial charge < -0.3 is 18.6 Å². The fraction of sp³-hybridized carbons (Fsp3) is 0.160. The molecular formula is C25H20Cl2O5. The van der Waals surface area contributed by atoms with Crippen LogP contribution in [-0.4, -0.2) is 20.3 Å². The van der Waals surface area contributed by atoms with Gasteiger partial charge in [-0.2, -0.15) is 0 Å². The van der Waals surface area contributed by atoms with Crippen molar-refractivity contribution in [2.75, 3.05) is 20.3 Å². The van der Waals surface area contributed by atoms with Crippen LogP contribution in [0.3, 0.4) is 0 Å². The number of fused-ring (bicyclic) bond motifs is 1. The van der Waals surface area contributed by atoms with Gasteiger partial charge in [-0.1, -0.05) is 53.0 Å². The summed E-state index contributed by atoms with van der Waals surface area (Å²) in [5.74, 6) is 1.79. The highest BCUT2D eigenvalue weighted by molar-refractivity contribution is 6.38. The molecule has 0 saturated heterocycles. The summed E-state index contributed by atoms with van der Waals surface area (Å²) in [6.07, 6.45) is 0. The predicted molar refractivity (Wildman–Crippen MR) is 127 cm³/mol. The monoisotopic (exact) mass is 470 g/mol. The van der Waals surface area contributed by atoms with Crippen molar-refractivity contribution < 1.29 is 18.6 Å². The molecule has 1 aromatic heterocycles. The maximum absolute atomic E-state index is 13.3. The Kier molecular flexibility index (Phi) is 6.58. The minimum absolute atomic E-state index is 0.0815. The lowest BCUT2D eigenvalue weighted by Gasteiger charge is -2.13. The summed E-state index contributed by atoms with van der Waals surface area (Å²) in [4.78, 5) is 13.3. The molecule has 4 aromatic rings. The van der Waals surface area contributed by atoms with Crippen molar-refractivity contribution in [1.29, 1.82) is 0 Å². The van der Waals surface area contributed by atoms with E-state index in [9.17, 15) is 4.79 Å². The van der Waals surface area contributed by atoms with Gasteiger partial charge in [-0.05, 0) is 43.3 Å². The molecule has 3 aromatic carbocycles. The molecule has 0 aliphatic carbocycles. The van der Waals surface area contributed by atoms with E-state index in [-0.39, 0.29) is 40.4 Å². The maximum Gasteiger partial charge on any atom is 0.235 e. The van der Waals surface area contributed by atoms with Crippen LogP contribution in [0.15, 0.2) is 69.9 Å². The molecule has 0 N–H and O–H groups in total. The number of aryl methyl sites for hydroxylation is 1. The van der Waals surface area contributed by atoms with Crippen molar-refractivity contribution in [2.45, 2.75) is 6.92 Å². The first-order valence-electron chi connectivity index (χ1n) is 9.89. The zero-order valence-corrected chi connectivity index (χ0v) is 19.0. The molecule has 0 aliphatic heterocycles. The van der Waals surface area contributed by atoms with Gasteiger partial charge in [-0.3, -0.25) is 4.79 Å². The van der Waals surface area contributed by atoms with Gasteiger partial charge in [0.15, 0.2) is 11.3 Å². The Bertz CT molecular complexity index is 1300. The standard InChI is InChI=1S/C25H20Cl2O5/c1-15-3-5-16(6-4-15)23-25(22(28)20-13-17(26)14-21(27)24(20)32-23)31-12-11-30-19-9-7-18(29-2)8-10-19/h3-10,13-14H,11-12H2,1-2H3. The Balaban J connectivity index is 1.64. The Morgan fingerprint density at radius 3 is 2.22 bits per heavy atom. The van der Waals surface area contributed by atoms with Crippen LogP contribution >= 0.6 is 23.2 Å². The summed E-state index contributed by atoms with van der Waals surface area (Å²) >= 11 is 12.4. The minimum Gasteiger partial charge on any atom is -0.497 e. The molecule has 0 bridgehead atoms. The Morgan fingerprint density at radius 2 is 1.53 bits per heavy atom. The van der Waals surface area contributed by atoms with Crippen molar-refractivity contribution >= 4 is 34.2 Å². The Hall–Kier alpha value is -3.15. The molecule has 0 saturated carbocycles. The van der Waals surface area contributed by atoms with Crippen molar-refractivity contribution in [3.05, 3.63) is 86.5 Å². The number of methoxy groups -OCH3 is 1. The summed E-state index contributed by atoms with van der Waals surface area (Å²) in [6, 6.07) is 17.8. The second-order valence-corrected chi connectivity index (χ2v) is 7.94. The topological polar surface area (TPSA) is 57.9 Å². The first kappa shape index (κ1) is 22.1. The van der Waals surface area contributed by atoms with E-state index in [0.717, 1.165) is 11.3 Å². The lowest BCUT2D eigenvalue weighted by Crippen LogP contribution is -2.15. The van der Waals surface area contributed by atoms with Gasteiger partial charge in [0.2, 0.25) is 11.2 Å². The Labute approximate surface area is 195 Å². The first-order valence-corrected chi connectivity index (χ1v) is 10.6. The molecule has 7 heteroatoms. The Morgan fingerprint density at radius 1 is 0.875 bits per heavy atom. The average molecular weight is 471 g/mol. The van der Waals surface area contributed by atoms with Crippen LogP contribution in [0.4, 0.5) is 0 Å². The lowest BCUT2D eigenvalue weighted by atomic mass is 10.1. The van der Waals surface area contributed by atoms with Crippen LogP contribution in [0.1, 0.15) is 5.56 Å². The van der Waals surface area contributed by atoms with Crippen LogP contribution in [0.25, 0.3) is 22.3 Å². The summed E-state index contributed by atoms with van der Waals surface area (Å²) in [6.45, 7) is 2.34. The zero-order valence-electron chi connectivity index (χ0n) is 17.5. The van der Waals surface area contributed by atoms with E-state index >= 15 is 0 Å². The smallest absolute Gasteiger partial charge is 0.235 e. The highest BCUT2D eigenvalue weighted by Gasteiger charge is 2.20. The molecule has 0 spiro atoms. The highest BCUT2D eigenvalue weighted by atomic mass is 35.5. The third-order valence-electron chi connectivity index (χ3n) is 4.84. The summed E-state index contributed by atoms with van der Waals surface area (Å²) < 4.78 is 22.8. The molecule has 4 rings (SSSR count). The number of hydrogen-bond acceptors (Lipinski definition) is 5. The summed E-state index contributed by atoms with van der Waals surface area (Å²) in [7, 11) is 1.60. The zero-order chi connectivity index (χ0) is 22.7. The number of halogens is 2. The van der Waals surface area contributed by atoms with Crippen molar-refractivity contribution in [1.82, 2.24) is 0 Å². The molecule has 0 atom stereocenters. The lowest BCUT2D eigenvalue weighted by molar-refractivity contribution is 0.214. The molecule has 0 amide bonds. The number of ether oxygens (including phenoxy) is 3. The number of hydrogen-bond donors (Lipinski definition) is 0. The van der Waals surface area contributed by atoms with E-state index < -0.39 is 0 Å².